The Kier molecular flexibility index (Phi) is 7.36. The van der Waals surface area contributed by atoms with E-state index in [2.05, 4.69) is 28.8 Å². The Morgan fingerprint density at radius 1 is 1.03 bits per heavy atom. The lowest BCUT2D eigenvalue weighted by Crippen LogP contribution is -2.47. The minimum Gasteiger partial charge on any atom is -0.496 e. The molecule has 0 bridgehead atoms. The Morgan fingerprint density at radius 2 is 1.80 bits per heavy atom. The summed E-state index contributed by atoms with van der Waals surface area (Å²) in [6.45, 7) is 1.96. The minimum atomic E-state index is -0.646. The maximum atomic E-state index is 12.5. The predicted molar refractivity (Wildman–Crippen MR) is 122 cm³/mol. The van der Waals surface area contributed by atoms with Crippen LogP contribution in [0, 0.1) is 6.92 Å². The second-order valence-corrected chi connectivity index (χ2v) is 8.09. The molecule has 0 spiro atoms. The van der Waals surface area contributed by atoms with E-state index in [1.165, 1.54) is 17.1 Å². The summed E-state index contributed by atoms with van der Waals surface area (Å²) >= 11 is 1.46. The van der Waals surface area contributed by atoms with Crippen LogP contribution in [0.25, 0.3) is 10.8 Å². The summed E-state index contributed by atoms with van der Waals surface area (Å²) in [5, 5.41) is 7.80. The van der Waals surface area contributed by atoms with Crippen molar-refractivity contribution in [3.05, 3.63) is 71.8 Å². The molecule has 2 N–H and O–H groups in total. The first kappa shape index (κ1) is 21.7. The highest BCUT2D eigenvalue weighted by atomic mass is 32.2. The third-order valence-corrected chi connectivity index (χ3v) is 5.90. The Labute approximate surface area is 181 Å². The second-order valence-electron chi connectivity index (χ2n) is 7.04. The zero-order valence-electron chi connectivity index (χ0n) is 17.4. The normalized spacial score (nSPS) is 11.7. The summed E-state index contributed by atoms with van der Waals surface area (Å²) < 4.78 is 5.36. The molecule has 0 saturated carbocycles. The van der Waals surface area contributed by atoms with E-state index in [1.807, 2.05) is 49.4 Å². The lowest BCUT2D eigenvalue weighted by molar-refractivity contribution is -0.127. The number of rotatable bonds is 8. The van der Waals surface area contributed by atoms with Gasteiger partial charge in [0.1, 0.15) is 11.8 Å². The van der Waals surface area contributed by atoms with Crippen molar-refractivity contribution in [2.45, 2.75) is 24.3 Å². The van der Waals surface area contributed by atoms with Crippen molar-refractivity contribution in [2.24, 2.45) is 0 Å². The van der Waals surface area contributed by atoms with Crippen molar-refractivity contribution in [3.63, 3.8) is 0 Å². The van der Waals surface area contributed by atoms with Crippen molar-refractivity contribution in [3.8, 4) is 5.75 Å². The molecule has 2 amide bonds. The summed E-state index contributed by atoms with van der Waals surface area (Å²) in [5.74, 6) is 0.601. The van der Waals surface area contributed by atoms with Gasteiger partial charge in [-0.3, -0.25) is 9.59 Å². The average Bonchev–Trinajstić information content (AvgIpc) is 2.77. The van der Waals surface area contributed by atoms with E-state index in [4.69, 9.17) is 4.74 Å². The second kappa shape index (κ2) is 10.2. The summed E-state index contributed by atoms with van der Waals surface area (Å²) in [6, 6.07) is 19.4. The van der Waals surface area contributed by atoms with Crippen molar-refractivity contribution >= 4 is 34.3 Å². The summed E-state index contributed by atoms with van der Waals surface area (Å²) in [6.07, 6.45) is 0.392. The Hall–Kier alpha value is -2.99. The van der Waals surface area contributed by atoms with Gasteiger partial charge in [-0.15, -0.1) is 11.8 Å². The van der Waals surface area contributed by atoms with E-state index in [0.29, 0.717) is 6.42 Å². The topological polar surface area (TPSA) is 67.4 Å². The molecule has 6 heteroatoms. The number of aryl methyl sites for hydroxylation is 1. The third-order valence-electron chi connectivity index (χ3n) is 4.90. The lowest BCUT2D eigenvalue weighted by atomic mass is 10.0. The van der Waals surface area contributed by atoms with Crippen molar-refractivity contribution in [1.82, 2.24) is 10.6 Å². The van der Waals surface area contributed by atoms with Gasteiger partial charge in [0.2, 0.25) is 11.8 Å². The smallest absolute Gasteiger partial charge is 0.242 e. The number of carbonyl (C=O) groups excluding carboxylic acids is 2. The molecule has 3 rings (SSSR count). The largest absolute Gasteiger partial charge is 0.496 e. The quantitative estimate of drug-likeness (QED) is 0.543. The first-order valence-corrected chi connectivity index (χ1v) is 10.7. The highest BCUT2D eigenvalue weighted by molar-refractivity contribution is 8.00. The van der Waals surface area contributed by atoms with Gasteiger partial charge in [-0.05, 0) is 47.0 Å². The average molecular weight is 423 g/mol. The van der Waals surface area contributed by atoms with Crippen molar-refractivity contribution in [1.29, 1.82) is 0 Å². The zero-order valence-corrected chi connectivity index (χ0v) is 18.2. The fourth-order valence-electron chi connectivity index (χ4n) is 3.25. The molecule has 0 aliphatic rings. The highest BCUT2D eigenvalue weighted by Crippen LogP contribution is 2.24. The monoisotopic (exact) mass is 422 g/mol. The van der Waals surface area contributed by atoms with E-state index in [1.54, 1.807) is 14.2 Å². The fraction of sp³-hybridized carbons (Fsp3) is 0.250. The SMILES string of the molecule is CNC(=O)C(Cc1ccc(C)c(OC)c1)NC(=O)CSc1ccc2ccccc2c1. The number of thioether (sulfide) groups is 1. The molecule has 0 heterocycles. The van der Waals surface area contributed by atoms with Crippen LogP contribution < -0.4 is 15.4 Å². The summed E-state index contributed by atoms with van der Waals surface area (Å²) in [5.41, 5.74) is 1.95. The van der Waals surface area contributed by atoms with Gasteiger partial charge in [-0.1, -0.05) is 42.5 Å². The molecule has 0 fully saturated rings. The van der Waals surface area contributed by atoms with Crippen LogP contribution in [-0.2, 0) is 16.0 Å². The van der Waals surface area contributed by atoms with Crippen LogP contribution in [0.1, 0.15) is 11.1 Å². The Balaban J connectivity index is 1.63. The zero-order chi connectivity index (χ0) is 21.5. The van der Waals surface area contributed by atoms with Crippen LogP contribution in [0.3, 0.4) is 0 Å². The standard InChI is InChI=1S/C24H26N2O3S/c1-16-8-9-17(13-22(16)29-3)12-21(24(28)25-2)26-23(27)15-30-20-11-10-18-6-4-5-7-19(18)14-20/h4-11,13-14,21H,12,15H2,1-3H3,(H,25,28)(H,26,27). The van der Waals surface area contributed by atoms with Gasteiger partial charge in [-0.25, -0.2) is 0 Å². The summed E-state index contributed by atoms with van der Waals surface area (Å²) in [4.78, 5) is 25.9. The number of amides is 2. The van der Waals surface area contributed by atoms with E-state index < -0.39 is 6.04 Å². The number of ether oxygens (including phenoxy) is 1. The molecular formula is C24H26N2O3S. The molecule has 0 aliphatic carbocycles. The number of nitrogens with one attached hydrogen (secondary N) is 2. The first-order chi connectivity index (χ1) is 14.5. The maximum absolute atomic E-state index is 12.5. The van der Waals surface area contributed by atoms with Gasteiger partial charge < -0.3 is 15.4 Å². The number of methoxy groups -OCH3 is 1. The number of fused-ring (bicyclic) bond motifs is 1. The van der Waals surface area contributed by atoms with Crippen LogP contribution in [-0.4, -0.2) is 37.8 Å². The number of hydrogen-bond acceptors (Lipinski definition) is 4. The number of benzene rings is 3. The minimum absolute atomic E-state index is 0.180. The molecule has 30 heavy (non-hydrogen) atoms. The van der Waals surface area contributed by atoms with Crippen molar-refractivity contribution < 1.29 is 14.3 Å². The first-order valence-electron chi connectivity index (χ1n) is 9.76. The van der Waals surface area contributed by atoms with Gasteiger partial charge in [-0.2, -0.15) is 0 Å². The van der Waals surface area contributed by atoms with Gasteiger partial charge in [0.05, 0.1) is 12.9 Å². The van der Waals surface area contributed by atoms with Crippen LogP contribution >= 0.6 is 11.8 Å². The van der Waals surface area contributed by atoms with Gasteiger partial charge in [0.25, 0.3) is 0 Å². The number of likely N-dealkylation sites (N-methyl/N-ethyl adjacent to an activating group) is 1. The van der Waals surface area contributed by atoms with E-state index in [-0.39, 0.29) is 17.6 Å². The van der Waals surface area contributed by atoms with Gasteiger partial charge in [0.15, 0.2) is 0 Å². The molecule has 0 aromatic heterocycles. The molecule has 0 radical (unpaired) electrons. The van der Waals surface area contributed by atoms with E-state index >= 15 is 0 Å². The molecule has 5 nitrogen and oxygen atoms in total. The maximum Gasteiger partial charge on any atom is 0.242 e. The molecule has 3 aromatic carbocycles. The third kappa shape index (κ3) is 5.54. The molecule has 156 valence electrons. The van der Waals surface area contributed by atoms with E-state index in [9.17, 15) is 9.59 Å². The Bertz CT molecular complexity index is 1050. The molecule has 0 aliphatic heterocycles. The fourth-order valence-corrected chi connectivity index (χ4v) is 4.01. The number of hydrogen-bond donors (Lipinski definition) is 2. The molecule has 1 unspecified atom stereocenters. The number of carbonyl (C=O) groups is 2. The van der Waals surface area contributed by atoms with Gasteiger partial charge in [0, 0.05) is 18.4 Å². The molecule has 0 saturated heterocycles. The molecule has 1 atom stereocenters. The molecule has 3 aromatic rings. The van der Waals surface area contributed by atoms with Crippen LogP contribution in [0.15, 0.2) is 65.6 Å². The summed E-state index contributed by atoms with van der Waals surface area (Å²) in [7, 11) is 3.19. The predicted octanol–water partition coefficient (Wildman–Crippen LogP) is 3.72. The van der Waals surface area contributed by atoms with Gasteiger partial charge >= 0.3 is 0 Å². The highest BCUT2D eigenvalue weighted by Gasteiger charge is 2.20. The van der Waals surface area contributed by atoms with Crippen LogP contribution in [0.4, 0.5) is 0 Å². The van der Waals surface area contributed by atoms with Crippen LogP contribution in [0.2, 0.25) is 0 Å². The Morgan fingerprint density at radius 3 is 2.53 bits per heavy atom. The molecular weight excluding hydrogens is 396 g/mol. The van der Waals surface area contributed by atoms with E-state index in [0.717, 1.165) is 27.2 Å². The van der Waals surface area contributed by atoms with Crippen molar-refractivity contribution in [2.75, 3.05) is 19.9 Å². The van der Waals surface area contributed by atoms with Crippen LogP contribution in [0.5, 0.6) is 5.75 Å². The lowest BCUT2D eigenvalue weighted by Gasteiger charge is -2.18.